The van der Waals surface area contributed by atoms with Crippen LogP contribution in [-0.4, -0.2) is 63.7 Å². The van der Waals surface area contributed by atoms with Gasteiger partial charge in [0.2, 0.25) is 0 Å². The molecule has 10 nitrogen and oxygen atoms in total. The van der Waals surface area contributed by atoms with Gasteiger partial charge in [-0.2, -0.15) is 0 Å². The van der Waals surface area contributed by atoms with Crippen molar-refractivity contribution >= 4 is 17.8 Å². The lowest BCUT2D eigenvalue weighted by Gasteiger charge is -2.40. The van der Waals surface area contributed by atoms with Gasteiger partial charge >= 0.3 is 18.0 Å². The number of aliphatic carboxylic acids is 1. The Morgan fingerprint density at radius 1 is 1.31 bits per heavy atom. The number of carboxylic acid groups (broad SMARTS) is 1. The third kappa shape index (κ3) is 5.24. The number of carbonyl (C=O) groups is 2. The zero-order valence-corrected chi connectivity index (χ0v) is 18.1. The summed E-state index contributed by atoms with van der Waals surface area (Å²) in [5, 5.41) is 15.4. The molecule has 0 aliphatic carbocycles. The summed E-state index contributed by atoms with van der Waals surface area (Å²) in [6, 6.07) is 3.46. The Kier molecular flexibility index (Phi) is 6.67. The van der Waals surface area contributed by atoms with E-state index in [9.17, 15) is 14.7 Å². The number of carboxylic acids is 1. The Morgan fingerprint density at radius 2 is 2.09 bits per heavy atom. The summed E-state index contributed by atoms with van der Waals surface area (Å²) in [7, 11) is 1.45. The number of amides is 2. The van der Waals surface area contributed by atoms with Crippen molar-refractivity contribution in [1.29, 1.82) is 0 Å². The Balaban J connectivity index is 1.26. The maximum absolute atomic E-state index is 12.6. The van der Waals surface area contributed by atoms with E-state index < -0.39 is 12.0 Å². The largest absolute Gasteiger partial charge is 0.481 e. The highest BCUT2D eigenvalue weighted by molar-refractivity contribution is 5.77. The van der Waals surface area contributed by atoms with Crippen molar-refractivity contribution in [2.75, 3.05) is 32.1 Å². The molecule has 2 aromatic heterocycles. The Morgan fingerprint density at radius 3 is 2.81 bits per heavy atom. The number of ether oxygens (including phenoxy) is 1. The van der Waals surface area contributed by atoms with Crippen LogP contribution in [0.1, 0.15) is 42.1 Å². The first-order valence-corrected chi connectivity index (χ1v) is 10.9. The first kappa shape index (κ1) is 21.8. The number of pyridine rings is 1. The topological polar surface area (TPSA) is 130 Å². The zero-order chi connectivity index (χ0) is 22.5. The number of nitrogens with one attached hydrogen (secondary N) is 2. The molecule has 1 atom stereocenters. The monoisotopic (exact) mass is 440 g/mol. The van der Waals surface area contributed by atoms with Crippen LogP contribution < -0.4 is 15.4 Å². The van der Waals surface area contributed by atoms with E-state index in [2.05, 4.69) is 32.7 Å². The lowest BCUT2D eigenvalue weighted by Crippen LogP contribution is -2.54. The smallest absolute Gasteiger partial charge is 0.317 e. The summed E-state index contributed by atoms with van der Waals surface area (Å²) in [6.45, 7) is 2.27. The van der Waals surface area contributed by atoms with Crippen LogP contribution in [0.15, 0.2) is 24.5 Å². The van der Waals surface area contributed by atoms with Gasteiger partial charge in [0, 0.05) is 43.3 Å². The van der Waals surface area contributed by atoms with Crippen molar-refractivity contribution < 1.29 is 19.4 Å². The van der Waals surface area contributed by atoms with Crippen molar-refractivity contribution in [3.8, 4) is 6.01 Å². The van der Waals surface area contributed by atoms with Crippen LogP contribution >= 0.6 is 0 Å². The van der Waals surface area contributed by atoms with Gasteiger partial charge in [-0.05, 0) is 43.2 Å². The van der Waals surface area contributed by atoms with Gasteiger partial charge in [0.1, 0.15) is 5.82 Å². The second kappa shape index (κ2) is 9.80. The molecular formula is C22H28N6O4. The normalized spacial score (nSPS) is 16.3. The Labute approximate surface area is 186 Å². The SMILES string of the molecule is COc1ncc([C@H](CC(=O)O)NC(=O)N2CC(CCc3ccc4c(n3)NCCC4)C2)cn1. The molecule has 0 aromatic carbocycles. The number of nitrogens with zero attached hydrogens (tertiary/aromatic N) is 4. The molecule has 0 saturated carbocycles. The highest BCUT2D eigenvalue weighted by Crippen LogP contribution is 2.25. The molecule has 0 radical (unpaired) electrons. The predicted molar refractivity (Wildman–Crippen MR) is 117 cm³/mol. The third-order valence-electron chi connectivity index (χ3n) is 5.91. The molecule has 4 rings (SSSR count). The number of methoxy groups -OCH3 is 1. The summed E-state index contributed by atoms with van der Waals surface area (Å²) in [6.07, 6.45) is 6.75. The van der Waals surface area contributed by atoms with Crippen LogP contribution in [0.5, 0.6) is 6.01 Å². The molecule has 2 aliphatic rings. The van der Waals surface area contributed by atoms with Crippen molar-refractivity contribution in [2.45, 2.75) is 38.1 Å². The van der Waals surface area contributed by atoms with Crippen molar-refractivity contribution in [3.05, 3.63) is 41.3 Å². The van der Waals surface area contributed by atoms with Gasteiger partial charge in [0.15, 0.2) is 0 Å². The minimum Gasteiger partial charge on any atom is -0.481 e. The number of likely N-dealkylation sites (tertiary alicyclic amines) is 1. The van der Waals surface area contributed by atoms with Crippen LogP contribution in [0.2, 0.25) is 0 Å². The molecule has 0 unspecified atom stereocenters. The quantitative estimate of drug-likeness (QED) is 0.569. The van der Waals surface area contributed by atoms with Crippen molar-refractivity contribution in [3.63, 3.8) is 0 Å². The third-order valence-corrected chi connectivity index (χ3v) is 5.91. The van der Waals surface area contributed by atoms with E-state index in [1.165, 1.54) is 25.1 Å². The number of urea groups is 1. The number of aryl methyl sites for hydroxylation is 2. The molecule has 2 aromatic rings. The highest BCUT2D eigenvalue weighted by atomic mass is 16.5. The van der Waals surface area contributed by atoms with Crippen LogP contribution in [0, 0.1) is 5.92 Å². The fraction of sp³-hybridized carbons (Fsp3) is 0.500. The average molecular weight is 441 g/mol. The van der Waals surface area contributed by atoms with Gasteiger partial charge < -0.3 is 25.4 Å². The number of rotatable bonds is 8. The van der Waals surface area contributed by atoms with Crippen LogP contribution in [0.3, 0.4) is 0 Å². The first-order chi connectivity index (χ1) is 15.5. The molecular weight excluding hydrogens is 412 g/mol. The number of fused-ring (bicyclic) bond motifs is 1. The van der Waals surface area contributed by atoms with E-state index in [-0.39, 0.29) is 18.5 Å². The average Bonchev–Trinajstić information content (AvgIpc) is 2.77. The van der Waals surface area contributed by atoms with Crippen molar-refractivity contribution in [1.82, 2.24) is 25.2 Å². The summed E-state index contributed by atoms with van der Waals surface area (Å²) in [5.74, 6) is 0.406. The molecule has 32 heavy (non-hydrogen) atoms. The van der Waals surface area contributed by atoms with Gasteiger partial charge in [0.05, 0.1) is 19.6 Å². The molecule has 3 N–H and O–H groups in total. The van der Waals surface area contributed by atoms with Crippen molar-refractivity contribution in [2.24, 2.45) is 5.92 Å². The van der Waals surface area contributed by atoms with Crippen LogP contribution in [-0.2, 0) is 17.6 Å². The minimum atomic E-state index is -1.01. The summed E-state index contributed by atoms with van der Waals surface area (Å²) >= 11 is 0. The van der Waals surface area contributed by atoms with Crippen LogP contribution in [0.25, 0.3) is 0 Å². The van der Waals surface area contributed by atoms with Gasteiger partial charge in [-0.3, -0.25) is 4.79 Å². The van der Waals surface area contributed by atoms with Gasteiger partial charge in [-0.1, -0.05) is 6.07 Å². The Hall–Kier alpha value is -3.43. The molecule has 170 valence electrons. The lowest BCUT2D eigenvalue weighted by atomic mass is 9.93. The molecule has 10 heteroatoms. The van der Waals surface area contributed by atoms with E-state index in [4.69, 9.17) is 9.72 Å². The predicted octanol–water partition coefficient (Wildman–Crippen LogP) is 2.03. The molecule has 2 aliphatic heterocycles. The van der Waals surface area contributed by atoms with Gasteiger partial charge in [0.25, 0.3) is 0 Å². The fourth-order valence-electron chi connectivity index (χ4n) is 4.06. The van der Waals surface area contributed by atoms with Crippen LogP contribution in [0.4, 0.5) is 10.6 Å². The zero-order valence-electron chi connectivity index (χ0n) is 18.1. The lowest BCUT2D eigenvalue weighted by molar-refractivity contribution is -0.137. The van der Waals surface area contributed by atoms with Gasteiger partial charge in [-0.25, -0.2) is 19.7 Å². The van der Waals surface area contributed by atoms with E-state index in [0.29, 0.717) is 24.6 Å². The first-order valence-electron chi connectivity index (χ1n) is 10.9. The molecule has 0 spiro atoms. The maximum Gasteiger partial charge on any atom is 0.317 e. The van der Waals surface area contributed by atoms with E-state index in [1.807, 2.05) is 0 Å². The highest BCUT2D eigenvalue weighted by Gasteiger charge is 2.32. The van der Waals surface area contributed by atoms with E-state index in [0.717, 1.165) is 43.7 Å². The molecule has 2 amide bonds. The summed E-state index contributed by atoms with van der Waals surface area (Å²) in [5.41, 5.74) is 2.87. The summed E-state index contributed by atoms with van der Waals surface area (Å²) < 4.78 is 4.93. The molecule has 4 heterocycles. The number of aromatic nitrogens is 3. The van der Waals surface area contributed by atoms with Gasteiger partial charge in [-0.15, -0.1) is 0 Å². The fourth-order valence-corrected chi connectivity index (χ4v) is 4.06. The van der Waals surface area contributed by atoms with E-state index in [1.54, 1.807) is 4.90 Å². The number of anilines is 1. The number of carbonyl (C=O) groups excluding carboxylic acids is 1. The Bertz CT molecular complexity index is 961. The maximum atomic E-state index is 12.6. The second-order valence-electron chi connectivity index (χ2n) is 8.25. The number of hydrogen-bond acceptors (Lipinski definition) is 7. The summed E-state index contributed by atoms with van der Waals surface area (Å²) in [4.78, 5) is 38.3. The van der Waals surface area contributed by atoms with E-state index >= 15 is 0 Å². The molecule has 0 bridgehead atoms. The minimum absolute atomic E-state index is 0.184. The number of hydrogen-bond donors (Lipinski definition) is 3. The second-order valence-corrected chi connectivity index (χ2v) is 8.25. The molecule has 1 fully saturated rings. The molecule has 1 saturated heterocycles. The standard InChI is InChI=1S/C22H28N6O4/c1-32-21-24-10-16(11-25-21)18(9-19(29)30)27-22(31)28-12-14(13-28)4-6-17-7-5-15-3-2-8-23-20(15)26-17/h5,7,10-11,14,18H,2-4,6,8-9,12-13H2,1H3,(H,23,26)(H,27,31)(H,29,30)/t18-/m0/s1.